The van der Waals surface area contributed by atoms with Crippen molar-refractivity contribution < 1.29 is 4.79 Å². The molecule has 0 radical (unpaired) electrons. The molecule has 0 aliphatic carbocycles. The van der Waals surface area contributed by atoms with Crippen LogP contribution in [-0.4, -0.2) is 33.9 Å². The first-order valence-corrected chi connectivity index (χ1v) is 5.89. The van der Waals surface area contributed by atoms with E-state index in [1.54, 1.807) is 0 Å². The molecule has 0 unspecified atom stereocenters. The molecule has 1 aromatic rings. The summed E-state index contributed by atoms with van der Waals surface area (Å²) in [6.45, 7) is 1.63. The minimum atomic E-state index is -0.0389. The van der Waals surface area contributed by atoms with Gasteiger partial charge < -0.3 is 10.3 Å². The van der Waals surface area contributed by atoms with E-state index in [-0.39, 0.29) is 5.91 Å². The van der Waals surface area contributed by atoms with Crippen molar-refractivity contribution in [2.24, 2.45) is 5.84 Å². The predicted octanol–water partition coefficient (Wildman–Crippen LogP) is 0.778. The van der Waals surface area contributed by atoms with Gasteiger partial charge in [-0.15, -0.1) is 0 Å². The molecule has 1 aliphatic heterocycles. The summed E-state index contributed by atoms with van der Waals surface area (Å²) >= 11 is 0. The number of hydrazine groups is 1. The highest BCUT2D eigenvalue weighted by Gasteiger charge is 2.18. The summed E-state index contributed by atoms with van der Waals surface area (Å²) in [4.78, 5) is 22.0. The fourth-order valence-corrected chi connectivity index (χ4v) is 1.95. The Labute approximate surface area is 100 Å². The molecule has 1 aliphatic rings. The Morgan fingerprint density at radius 2 is 1.88 bits per heavy atom. The number of nitrogen functional groups attached to an aromatic ring is 1. The lowest BCUT2D eigenvalue weighted by atomic mass is 10.2. The summed E-state index contributed by atoms with van der Waals surface area (Å²) in [5.74, 6) is 5.61. The van der Waals surface area contributed by atoms with E-state index in [4.69, 9.17) is 5.84 Å². The fourth-order valence-electron chi connectivity index (χ4n) is 1.95. The van der Waals surface area contributed by atoms with Crippen LogP contribution in [0.25, 0.3) is 0 Å². The molecule has 1 aromatic heterocycles. The first-order valence-electron chi connectivity index (χ1n) is 5.89. The minimum absolute atomic E-state index is 0.0389. The zero-order valence-electron chi connectivity index (χ0n) is 9.72. The number of nitrogens with one attached hydrogen (secondary N) is 1. The first kappa shape index (κ1) is 11.8. The molecule has 1 fully saturated rings. The van der Waals surface area contributed by atoms with Gasteiger partial charge in [0.15, 0.2) is 5.82 Å². The van der Waals surface area contributed by atoms with Crippen molar-refractivity contribution in [2.75, 3.05) is 18.5 Å². The largest absolute Gasteiger partial charge is 0.337 e. The van der Waals surface area contributed by atoms with Crippen LogP contribution in [0.4, 0.5) is 5.82 Å². The van der Waals surface area contributed by atoms with E-state index >= 15 is 0 Å². The number of hydrogen-bond donors (Lipinski definition) is 2. The van der Waals surface area contributed by atoms with Crippen molar-refractivity contribution in [1.29, 1.82) is 0 Å². The molecule has 1 saturated heterocycles. The SMILES string of the molecule is NNc1cnc(C(=O)N2CCCCCC2)cn1. The number of hydrogen-bond acceptors (Lipinski definition) is 5. The van der Waals surface area contributed by atoms with Crippen molar-refractivity contribution in [3.05, 3.63) is 18.1 Å². The second-order valence-electron chi connectivity index (χ2n) is 4.14. The van der Waals surface area contributed by atoms with E-state index in [9.17, 15) is 4.79 Å². The van der Waals surface area contributed by atoms with Crippen molar-refractivity contribution >= 4 is 11.7 Å². The van der Waals surface area contributed by atoms with Crippen molar-refractivity contribution in [3.63, 3.8) is 0 Å². The number of nitrogens with zero attached hydrogens (tertiary/aromatic N) is 3. The molecule has 0 spiro atoms. The second kappa shape index (κ2) is 5.58. The number of nitrogens with two attached hydrogens (primary N) is 1. The predicted molar refractivity (Wildman–Crippen MR) is 64.2 cm³/mol. The van der Waals surface area contributed by atoms with E-state index in [1.165, 1.54) is 25.2 Å². The van der Waals surface area contributed by atoms with E-state index in [1.807, 2.05) is 4.90 Å². The van der Waals surface area contributed by atoms with Crippen LogP contribution in [0.3, 0.4) is 0 Å². The highest BCUT2D eigenvalue weighted by atomic mass is 16.2. The molecule has 6 nitrogen and oxygen atoms in total. The van der Waals surface area contributed by atoms with E-state index in [0.717, 1.165) is 25.9 Å². The lowest BCUT2D eigenvalue weighted by molar-refractivity contribution is 0.0755. The summed E-state index contributed by atoms with van der Waals surface area (Å²) in [7, 11) is 0. The Morgan fingerprint density at radius 1 is 1.18 bits per heavy atom. The number of aromatic nitrogens is 2. The number of carbonyl (C=O) groups is 1. The van der Waals surface area contributed by atoms with Gasteiger partial charge in [0.25, 0.3) is 5.91 Å². The molecule has 2 heterocycles. The topological polar surface area (TPSA) is 84.1 Å². The van der Waals surface area contributed by atoms with Gasteiger partial charge >= 0.3 is 0 Å². The van der Waals surface area contributed by atoms with E-state index in [0.29, 0.717) is 11.5 Å². The molecule has 0 atom stereocenters. The van der Waals surface area contributed by atoms with Crippen LogP contribution < -0.4 is 11.3 Å². The molecular formula is C11H17N5O. The molecule has 92 valence electrons. The van der Waals surface area contributed by atoms with Gasteiger partial charge in [-0.25, -0.2) is 15.8 Å². The molecule has 3 N–H and O–H groups in total. The minimum Gasteiger partial charge on any atom is -0.337 e. The standard InChI is InChI=1S/C11H17N5O/c12-15-10-8-13-9(7-14-10)11(17)16-5-3-1-2-4-6-16/h7-8H,1-6,12H2,(H,14,15). The average Bonchev–Trinajstić information content (AvgIpc) is 2.67. The summed E-state index contributed by atoms with van der Waals surface area (Å²) in [6, 6.07) is 0. The third kappa shape index (κ3) is 2.91. The Morgan fingerprint density at radius 3 is 2.41 bits per heavy atom. The van der Waals surface area contributed by atoms with Crippen LogP contribution in [0.5, 0.6) is 0 Å². The van der Waals surface area contributed by atoms with Crippen LogP contribution in [0, 0.1) is 0 Å². The lowest BCUT2D eigenvalue weighted by Crippen LogP contribution is -2.32. The zero-order valence-corrected chi connectivity index (χ0v) is 9.72. The fraction of sp³-hybridized carbons (Fsp3) is 0.545. The Hall–Kier alpha value is -1.69. The normalized spacial score (nSPS) is 16.4. The number of amides is 1. The van der Waals surface area contributed by atoms with Crippen LogP contribution in [0.2, 0.25) is 0 Å². The highest BCUT2D eigenvalue weighted by molar-refractivity contribution is 5.92. The Kier molecular flexibility index (Phi) is 3.87. The molecular weight excluding hydrogens is 218 g/mol. The molecule has 0 bridgehead atoms. The molecule has 17 heavy (non-hydrogen) atoms. The van der Waals surface area contributed by atoms with Gasteiger partial charge in [-0.3, -0.25) is 4.79 Å². The van der Waals surface area contributed by atoms with Crippen LogP contribution in [0.15, 0.2) is 12.4 Å². The third-order valence-corrected chi connectivity index (χ3v) is 2.91. The summed E-state index contributed by atoms with van der Waals surface area (Å²) in [5, 5.41) is 0. The maximum absolute atomic E-state index is 12.1. The van der Waals surface area contributed by atoms with E-state index in [2.05, 4.69) is 15.4 Å². The average molecular weight is 235 g/mol. The molecule has 0 saturated carbocycles. The molecule has 6 heteroatoms. The maximum atomic E-state index is 12.1. The lowest BCUT2D eigenvalue weighted by Gasteiger charge is -2.19. The monoisotopic (exact) mass is 235 g/mol. The van der Waals surface area contributed by atoms with Gasteiger partial charge in [-0.1, -0.05) is 12.8 Å². The smallest absolute Gasteiger partial charge is 0.274 e. The van der Waals surface area contributed by atoms with Gasteiger partial charge in [-0.05, 0) is 12.8 Å². The number of anilines is 1. The zero-order chi connectivity index (χ0) is 12.1. The number of carbonyl (C=O) groups excluding carboxylic acids is 1. The third-order valence-electron chi connectivity index (χ3n) is 2.91. The van der Waals surface area contributed by atoms with Gasteiger partial charge in [0, 0.05) is 13.1 Å². The Bertz CT molecular complexity index is 370. The maximum Gasteiger partial charge on any atom is 0.274 e. The highest BCUT2D eigenvalue weighted by Crippen LogP contribution is 2.12. The second-order valence-corrected chi connectivity index (χ2v) is 4.14. The van der Waals surface area contributed by atoms with Crippen molar-refractivity contribution in [3.8, 4) is 0 Å². The molecule has 0 aromatic carbocycles. The number of likely N-dealkylation sites (tertiary alicyclic amines) is 1. The van der Waals surface area contributed by atoms with Crippen LogP contribution in [-0.2, 0) is 0 Å². The van der Waals surface area contributed by atoms with Gasteiger partial charge in [0.1, 0.15) is 5.69 Å². The van der Waals surface area contributed by atoms with Crippen LogP contribution >= 0.6 is 0 Å². The van der Waals surface area contributed by atoms with Crippen LogP contribution in [0.1, 0.15) is 36.2 Å². The van der Waals surface area contributed by atoms with Crippen molar-refractivity contribution in [1.82, 2.24) is 14.9 Å². The van der Waals surface area contributed by atoms with Gasteiger partial charge in [0.2, 0.25) is 0 Å². The summed E-state index contributed by atoms with van der Waals surface area (Å²) < 4.78 is 0. The van der Waals surface area contributed by atoms with Gasteiger partial charge in [-0.2, -0.15) is 0 Å². The Balaban J connectivity index is 2.06. The molecule has 2 rings (SSSR count). The van der Waals surface area contributed by atoms with E-state index < -0.39 is 0 Å². The quantitative estimate of drug-likeness (QED) is 0.584. The first-order chi connectivity index (χ1) is 8.31. The molecule has 1 amide bonds. The number of rotatable bonds is 2. The summed E-state index contributed by atoms with van der Waals surface area (Å²) in [5.41, 5.74) is 2.76. The van der Waals surface area contributed by atoms with Crippen molar-refractivity contribution in [2.45, 2.75) is 25.7 Å². The summed E-state index contributed by atoms with van der Waals surface area (Å²) in [6.07, 6.45) is 7.47. The van der Waals surface area contributed by atoms with Gasteiger partial charge in [0.05, 0.1) is 12.4 Å².